The SMILES string of the molecule is Nc1cccc([N+](=O)[O-])c1[C]=O. The van der Waals surface area contributed by atoms with Crippen LogP contribution in [0, 0.1) is 10.1 Å². The molecular weight excluding hydrogens is 160 g/mol. The summed E-state index contributed by atoms with van der Waals surface area (Å²) in [5.74, 6) is 0. The Hall–Kier alpha value is -1.91. The van der Waals surface area contributed by atoms with Gasteiger partial charge in [-0.3, -0.25) is 14.9 Å². The minimum Gasteiger partial charge on any atom is -0.398 e. The van der Waals surface area contributed by atoms with Gasteiger partial charge in [-0.1, -0.05) is 6.07 Å². The predicted octanol–water partition coefficient (Wildman–Crippen LogP) is 0.635. The highest BCUT2D eigenvalue weighted by Gasteiger charge is 2.15. The second-order valence-electron chi connectivity index (χ2n) is 2.10. The molecule has 0 saturated heterocycles. The van der Waals surface area contributed by atoms with Crippen LogP contribution in [0.25, 0.3) is 0 Å². The molecule has 12 heavy (non-hydrogen) atoms. The number of nitro groups is 1. The van der Waals surface area contributed by atoms with Gasteiger partial charge in [-0.25, -0.2) is 0 Å². The van der Waals surface area contributed by atoms with Crippen molar-refractivity contribution in [1.29, 1.82) is 0 Å². The van der Waals surface area contributed by atoms with Crippen molar-refractivity contribution in [2.45, 2.75) is 0 Å². The first-order chi connectivity index (χ1) is 5.66. The van der Waals surface area contributed by atoms with Crippen LogP contribution in [0.5, 0.6) is 0 Å². The molecule has 0 unspecified atom stereocenters. The minimum absolute atomic E-state index is 0.0687. The lowest BCUT2D eigenvalue weighted by molar-refractivity contribution is -0.384. The zero-order valence-electron chi connectivity index (χ0n) is 5.98. The maximum Gasteiger partial charge on any atom is 0.282 e. The quantitative estimate of drug-likeness (QED) is 0.395. The van der Waals surface area contributed by atoms with Crippen molar-refractivity contribution >= 4 is 17.7 Å². The standard InChI is InChI=1S/C7H5N2O3/c8-6-2-1-3-7(9(11)12)5(6)4-10/h1-3H,8H2. The Labute approximate surface area is 68.0 Å². The number of carbonyl (C=O) groups excluding carboxylic acids is 1. The van der Waals surface area contributed by atoms with Crippen molar-refractivity contribution in [1.82, 2.24) is 0 Å². The Morgan fingerprint density at radius 2 is 2.17 bits per heavy atom. The summed E-state index contributed by atoms with van der Waals surface area (Å²) in [7, 11) is 0. The van der Waals surface area contributed by atoms with E-state index in [0.29, 0.717) is 0 Å². The molecule has 0 fully saturated rings. The van der Waals surface area contributed by atoms with Crippen LogP contribution in [-0.4, -0.2) is 11.2 Å². The van der Waals surface area contributed by atoms with E-state index in [1.54, 1.807) is 0 Å². The van der Waals surface area contributed by atoms with Crippen LogP contribution >= 0.6 is 0 Å². The fourth-order valence-electron chi connectivity index (χ4n) is 0.821. The summed E-state index contributed by atoms with van der Waals surface area (Å²) in [5.41, 5.74) is 4.86. The first-order valence-electron chi connectivity index (χ1n) is 3.08. The number of hydrogen-bond donors (Lipinski definition) is 1. The maximum absolute atomic E-state index is 10.3. The minimum atomic E-state index is -0.670. The van der Waals surface area contributed by atoms with E-state index < -0.39 is 4.92 Å². The molecule has 0 aliphatic rings. The lowest BCUT2D eigenvalue weighted by Crippen LogP contribution is -1.98. The normalized spacial score (nSPS) is 9.33. The van der Waals surface area contributed by atoms with E-state index >= 15 is 0 Å². The summed E-state index contributed by atoms with van der Waals surface area (Å²) in [6.45, 7) is 0. The van der Waals surface area contributed by atoms with E-state index in [0.717, 1.165) is 0 Å². The van der Waals surface area contributed by atoms with Crippen molar-refractivity contribution in [2.75, 3.05) is 5.73 Å². The summed E-state index contributed by atoms with van der Waals surface area (Å²) in [6, 6.07) is 4.03. The summed E-state index contributed by atoms with van der Waals surface area (Å²) < 4.78 is 0. The number of benzene rings is 1. The van der Waals surface area contributed by atoms with Gasteiger partial charge in [0.25, 0.3) is 5.69 Å². The van der Waals surface area contributed by atoms with Gasteiger partial charge in [0.05, 0.1) is 4.92 Å². The van der Waals surface area contributed by atoms with Gasteiger partial charge in [-0.2, -0.15) is 0 Å². The van der Waals surface area contributed by atoms with Crippen molar-refractivity contribution < 1.29 is 9.72 Å². The molecular formula is C7H5N2O3. The van der Waals surface area contributed by atoms with Crippen LogP contribution in [0.4, 0.5) is 11.4 Å². The monoisotopic (exact) mass is 165 g/mol. The van der Waals surface area contributed by atoms with Crippen molar-refractivity contribution in [2.24, 2.45) is 0 Å². The molecule has 5 nitrogen and oxygen atoms in total. The van der Waals surface area contributed by atoms with Gasteiger partial charge < -0.3 is 5.73 Å². The highest BCUT2D eigenvalue weighted by atomic mass is 16.6. The molecule has 0 aliphatic carbocycles. The summed E-state index contributed by atoms with van der Waals surface area (Å²) in [5, 5.41) is 10.3. The average Bonchev–Trinajstić information content (AvgIpc) is 2.03. The Morgan fingerprint density at radius 1 is 1.50 bits per heavy atom. The Kier molecular flexibility index (Phi) is 2.05. The number of nitrogens with two attached hydrogens (primary N) is 1. The molecule has 0 atom stereocenters. The van der Waals surface area contributed by atoms with Crippen molar-refractivity contribution in [3.8, 4) is 0 Å². The highest BCUT2D eigenvalue weighted by molar-refractivity contribution is 5.89. The van der Waals surface area contributed by atoms with E-state index in [9.17, 15) is 14.9 Å². The van der Waals surface area contributed by atoms with E-state index in [-0.39, 0.29) is 16.9 Å². The Bertz CT molecular complexity index is 335. The number of nitro benzene ring substituents is 1. The molecule has 0 heterocycles. The number of nitrogens with zero attached hydrogens (tertiary/aromatic N) is 1. The van der Waals surface area contributed by atoms with E-state index in [2.05, 4.69) is 0 Å². The zero-order valence-corrected chi connectivity index (χ0v) is 5.98. The van der Waals surface area contributed by atoms with Crippen molar-refractivity contribution in [3.63, 3.8) is 0 Å². The van der Waals surface area contributed by atoms with Crippen LogP contribution < -0.4 is 5.73 Å². The van der Waals surface area contributed by atoms with Gasteiger partial charge in [0.15, 0.2) is 0 Å². The molecule has 1 aromatic carbocycles. The number of nitrogen functional groups attached to an aromatic ring is 1. The lowest BCUT2D eigenvalue weighted by Gasteiger charge is -1.97. The van der Waals surface area contributed by atoms with Gasteiger partial charge in [-0.15, -0.1) is 0 Å². The second kappa shape index (κ2) is 3.00. The number of anilines is 1. The molecule has 0 bridgehead atoms. The highest BCUT2D eigenvalue weighted by Crippen LogP contribution is 2.21. The van der Waals surface area contributed by atoms with Gasteiger partial charge in [0.1, 0.15) is 5.56 Å². The first kappa shape index (κ1) is 8.19. The first-order valence-corrected chi connectivity index (χ1v) is 3.08. The molecule has 1 aromatic rings. The Morgan fingerprint density at radius 3 is 2.58 bits per heavy atom. The van der Waals surface area contributed by atoms with Crippen LogP contribution in [0.15, 0.2) is 18.2 Å². The molecule has 0 aromatic heterocycles. The largest absolute Gasteiger partial charge is 0.398 e. The van der Waals surface area contributed by atoms with Gasteiger partial charge in [-0.05, 0) is 6.07 Å². The van der Waals surface area contributed by atoms with Gasteiger partial charge in [0, 0.05) is 11.8 Å². The number of hydrogen-bond acceptors (Lipinski definition) is 4. The predicted molar refractivity (Wildman–Crippen MR) is 42.3 cm³/mol. The third-order valence-corrected chi connectivity index (χ3v) is 1.37. The summed E-state index contributed by atoms with van der Waals surface area (Å²) >= 11 is 0. The van der Waals surface area contributed by atoms with Crippen LogP contribution in [-0.2, 0) is 4.79 Å². The van der Waals surface area contributed by atoms with Gasteiger partial charge >= 0.3 is 0 Å². The third-order valence-electron chi connectivity index (χ3n) is 1.37. The molecule has 0 saturated carbocycles. The van der Waals surface area contributed by atoms with Crippen LogP contribution in [0.2, 0.25) is 0 Å². The Balaban J connectivity index is 3.37. The van der Waals surface area contributed by atoms with E-state index in [1.807, 2.05) is 0 Å². The summed E-state index contributed by atoms with van der Waals surface area (Å²) in [6.07, 6.45) is 1.43. The van der Waals surface area contributed by atoms with Crippen LogP contribution in [0.3, 0.4) is 0 Å². The molecule has 2 N–H and O–H groups in total. The fourth-order valence-corrected chi connectivity index (χ4v) is 0.821. The third kappa shape index (κ3) is 1.24. The maximum atomic E-state index is 10.3. The number of rotatable bonds is 2. The average molecular weight is 165 g/mol. The van der Waals surface area contributed by atoms with Crippen LogP contribution in [0.1, 0.15) is 5.56 Å². The lowest BCUT2D eigenvalue weighted by atomic mass is 10.1. The van der Waals surface area contributed by atoms with Gasteiger partial charge in [0.2, 0.25) is 6.29 Å². The van der Waals surface area contributed by atoms with E-state index in [4.69, 9.17) is 5.73 Å². The fraction of sp³-hybridized carbons (Fsp3) is 0. The molecule has 5 heteroatoms. The summed E-state index contributed by atoms with van der Waals surface area (Å²) in [4.78, 5) is 19.9. The van der Waals surface area contributed by atoms with Crippen molar-refractivity contribution in [3.05, 3.63) is 33.9 Å². The topological polar surface area (TPSA) is 86.2 Å². The molecule has 1 radical (unpaired) electrons. The van der Waals surface area contributed by atoms with E-state index in [1.165, 1.54) is 24.5 Å². The smallest absolute Gasteiger partial charge is 0.282 e. The zero-order chi connectivity index (χ0) is 9.14. The molecule has 1 rings (SSSR count). The molecule has 0 spiro atoms. The molecule has 0 aliphatic heterocycles. The molecule has 0 amide bonds. The second-order valence-corrected chi connectivity index (χ2v) is 2.10. The molecule has 61 valence electrons.